The number of nitrogens with zero attached hydrogens (tertiary/aromatic N) is 1. The third-order valence-electron chi connectivity index (χ3n) is 3.03. The number of hydrogen-bond donors (Lipinski definition) is 1. The molecule has 0 heterocycles. The summed E-state index contributed by atoms with van der Waals surface area (Å²) in [6, 6.07) is 7.12. The molecule has 0 saturated carbocycles. The van der Waals surface area contributed by atoms with E-state index < -0.39 is 9.84 Å². The highest BCUT2D eigenvalue weighted by molar-refractivity contribution is 7.90. The van der Waals surface area contributed by atoms with Gasteiger partial charge < -0.3 is 10.2 Å². The maximum absolute atomic E-state index is 11.4. The monoisotopic (exact) mass is 298 g/mol. The van der Waals surface area contributed by atoms with Crippen LogP contribution >= 0.6 is 0 Å². The molecule has 0 bridgehead atoms. The zero-order valence-electron chi connectivity index (χ0n) is 12.9. The molecule has 0 saturated heterocycles. The van der Waals surface area contributed by atoms with Gasteiger partial charge in [-0.05, 0) is 37.2 Å². The van der Waals surface area contributed by atoms with Crippen molar-refractivity contribution in [2.45, 2.75) is 25.3 Å². The Morgan fingerprint density at radius 2 is 1.80 bits per heavy atom. The molecule has 0 radical (unpaired) electrons. The van der Waals surface area contributed by atoms with E-state index in [2.05, 4.69) is 31.1 Å². The number of rotatable bonds is 8. The summed E-state index contributed by atoms with van der Waals surface area (Å²) in [6.45, 7) is 8.20. The normalized spacial score (nSPS) is 12.3. The first-order chi connectivity index (χ1) is 9.29. The zero-order valence-corrected chi connectivity index (χ0v) is 13.7. The Labute approximate surface area is 123 Å². The van der Waals surface area contributed by atoms with Crippen molar-refractivity contribution in [3.63, 3.8) is 0 Å². The molecule has 0 aromatic heterocycles. The van der Waals surface area contributed by atoms with Gasteiger partial charge in [-0.15, -0.1) is 0 Å². The summed E-state index contributed by atoms with van der Waals surface area (Å²) in [7, 11) is -1.03. The topological polar surface area (TPSA) is 49.4 Å². The highest BCUT2D eigenvalue weighted by Gasteiger charge is 2.07. The highest BCUT2D eigenvalue weighted by atomic mass is 32.2. The Morgan fingerprint density at radius 3 is 2.30 bits per heavy atom. The van der Waals surface area contributed by atoms with Crippen LogP contribution in [0.1, 0.15) is 19.4 Å². The summed E-state index contributed by atoms with van der Waals surface area (Å²) in [5.41, 5.74) is 1.13. The first-order valence-corrected chi connectivity index (χ1v) is 8.86. The molecule has 0 fully saturated rings. The molecule has 0 unspecified atom stereocenters. The number of nitrogens with one attached hydrogen (secondary N) is 1. The van der Waals surface area contributed by atoms with Crippen LogP contribution in [0.2, 0.25) is 0 Å². The number of hydrogen-bond acceptors (Lipinski definition) is 4. The van der Waals surface area contributed by atoms with Gasteiger partial charge in [-0.3, -0.25) is 0 Å². The fourth-order valence-electron chi connectivity index (χ4n) is 1.89. The average molecular weight is 298 g/mol. The predicted molar refractivity (Wildman–Crippen MR) is 83.6 cm³/mol. The molecule has 0 spiro atoms. The first kappa shape index (κ1) is 17.1. The predicted octanol–water partition coefficient (Wildman–Crippen LogP) is 1.77. The lowest BCUT2D eigenvalue weighted by Gasteiger charge is -2.17. The quantitative estimate of drug-likeness (QED) is 0.743. The molecule has 1 N–H and O–H groups in total. The highest BCUT2D eigenvalue weighted by Crippen LogP contribution is 2.11. The molecule has 0 aliphatic heterocycles. The fourth-order valence-corrected chi connectivity index (χ4v) is 2.52. The van der Waals surface area contributed by atoms with Crippen molar-refractivity contribution >= 4 is 9.84 Å². The molecule has 114 valence electrons. The second-order valence-corrected chi connectivity index (χ2v) is 7.77. The molecule has 1 rings (SSSR count). The minimum Gasteiger partial charge on any atom is -0.315 e. The summed E-state index contributed by atoms with van der Waals surface area (Å²) in [4.78, 5) is 2.60. The molecule has 5 heteroatoms. The second kappa shape index (κ2) is 7.76. The van der Waals surface area contributed by atoms with Gasteiger partial charge in [0, 0.05) is 25.9 Å². The van der Waals surface area contributed by atoms with Crippen molar-refractivity contribution in [2.24, 2.45) is 5.92 Å². The second-order valence-electron chi connectivity index (χ2n) is 5.75. The Hall–Kier alpha value is -0.910. The first-order valence-electron chi connectivity index (χ1n) is 6.97. The standard InChI is InChI=1S/C15H26N2O2S/c1-13(2)11-16-9-10-17(3)12-14-5-7-15(8-6-14)20(4,18)19/h5-8,13,16H,9-12H2,1-4H3. The summed E-state index contributed by atoms with van der Waals surface area (Å²) in [5.74, 6) is 0.670. The third-order valence-corrected chi connectivity index (χ3v) is 4.16. The van der Waals surface area contributed by atoms with E-state index in [1.165, 1.54) is 6.26 Å². The SMILES string of the molecule is CC(C)CNCCN(C)Cc1ccc(S(C)(=O)=O)cc1. The molecule has 0 atom stereocenters. The van der Waals surface area contributed by atoms with Crippen LogP contribution in [0.4, 0.5) is 0 Å². The van der Waals surface area contributed by atoms with Crippen LogP contribution in [0.15, 0.2) is 29.2 Å². The van der Waals surface area contributed by atoms with Gasteiger partial charge in [0.15, 0.2) is 9.84 Å². The number of sulfone groups is 1. The molecule has 0 aliphatic rings. The summed E-state index contributed by atoms with van der Waals surface area (Å²) < 4.78 is 22.8. The molecule has 0 aliphatic carbocycles. The fraction of sp³-hybridized carbons (Fsp3) is 0.600. The lowest BCUT2D eigenvalue weighted by molar-refractivity contribution is 0.321. The van der Waals surface area contributed by atoms with Crippen LogP contribution in [-0.4, -0.2) is 46.3 Å². The minimum atomic E-state index is -3.10. The smallest absolute Gasteiger partial charge is 0.175 e. The van der Waals surface area contributed by atoms with Gasteiger partial charge in [-0.1, -0.05) is 26.0 Å². The average Bonchev–Trinajstić information content (AvgIpc) is 2.34. The van der Waals surface area contributed by atoms with Crippen LogP contribution in [0, 0.1) is 5.92 Å². The molecule has 4 nitrogen and oxygen atoms in total. The Balaban J connectivity index is 2.40. The summed E-state index contributed by atoms with van der Waals surface area (Å²) in [5, 5.41) is 3.41. The number of benzene rings is 1. The van der Waals surface area contributed by atoms with Crippen molar-refractivity contribution in [2.75, 3.05) is 32.9 Å². The van der Waals surface area contributed by atoms with E-state index in [1.807, 2.05) is 12.1 Å². The van der Waals surface area contributed by atoms with Crippen molar-refractivity contribution in [1.29, 1.82) is 0 Å². The lowest BCUT2D eigenvalue weighted by atomic mass is 10.2. The van der Waals surface area contributed by atoms with E-state index in [-0.39, 0.29) is 0 Å². The van der Waals surface area contributed by atoms with Gasteiger partial charge in [0.05, 0.1) is 4.90 Å². The zero-order chi connectivity index (χ0) is 15.2. The van der Waals surface area contributed by atoms with E-state index in [0.717, 1.165) is 31.7 Å². The van der Waals surface area contributed by atoms with E-state index in [1.54, 1.807) is 12.1 Å². The largest absolute Gasteiger partial charge is 0.315 e. The van der Waals surface area contributed by atoms with Crippen LogP contribution in [0.3, 0.4) is 0 Å². The van der Waals surface area contributed by atoms with Gasteiger partial charge >= 0.3 is 0 Å². The van der Waals surface area contributed by atoms with E-state index in [4.69, 9.17) is 0 Å². The van der Waals surface area contributed by atoms with Crippen LogP contribution < -0.4 is 5.32 Å². The van der Waals surface area contributed by atoms with Crippen molar-refractivity contribution in [3.8, 4) is 0 Å². The minimum absolute atomic E-state index is 0.377. The molecule has 1 aromatic carbocycles. The lowest BCUT2D eigenvalue weighted by Crippen LogP contribution is -2.30. The van der Waals surface area contributed by atoms with Gasteiger partial charge in [0.2, 0.25) is 0 Å². The van der Waals surface area contributed by atoms with Crippen molar-refractivity contribution < 1.29 is 8.42 Å². The van der Waals surface area contributed by atoms with Gasteiger partial charge in [-0.25, -0.2) is 8.42 Å². The number of likely N-dealkylation sites (N-methyl/N-ethyl adjacent to an activating group) is 1. The Morgan fingerprint density at radius 1 is 1.20 bits per heavy atom. The maximum atomic E-state index is 11.4. The van der Waals surface area contributed by atoms with E-state index in [0.29, 0.717) is 10.8 Å². The maximum Gasteiger partial charge on any atom is 0.175 e. The van der Waals surface area contributed by atoms with Crippen LogP contribution in [-0.2, 0) is 16.4 Å². The van der Waals surface area contributed by atoms with Crippen molar-refractivity contribution in [3.05, 3.63) is 29.8 Å². The Kier molecular flexibility index (Phi) is 6.65. The van der Waals surface area contributed by atoms with E-state index in [9.17, 15) is 8.42 Å². The Bertz CT molecular complexity index is 495. The van der Waals surface area contributed by atoms with Gasteiger partial charge in [-0.2, -0.15) is 0 Å². The van der Waals surface area contributed by atoms with Crippen molar-refractivity contribution in [1.82, 2.24) is 10.2 Å². The van der Waals surface area contributed by atoms with E-state index >= 15 is 0 Å². The third kappa shape index (κ3) is 6.50. The summed E-state index contributed by atoms with van der Waals surface area (Å²) >= 11 is 0. The molecule has 20 heavy (non-hydrogen) atoms. The molecule has 0 amide bonds. The van der Waals surface area contributed by atoms with Crippen LogP contribution in [0.5, 0.6) is 0 Å². The molecule has 1 aromatic rings. The van der Waals surface area contributed by atoms with Gasteiger partial charge in [0.25, 0.3) is 0 Å². The van der Waals surface area contributed by atoms with Gasteiger partial charge in [0.1, 0.15) is 0 Å². The molecular formula is C15H26N2O2S. The van der Waals surface area contributed by atoms with Crippen LogP contribution in [0.25, 0.3) is 0 Å². The molecular weight excluding hydrogens is 272 g/mol. The summed E-state index contributed by atoms with van der Waals surface area (Å²) in [6.07, 6.45) is 1.23.